The molecule has 0 aliphatic carbocycles. The van der Waals surface area contributed by atoms with Gasteiger partial charge in [0.15, 0.2) is 11.6 Å². The molecule has 4 aromatic carbocycles. The quantitative estimate of drug-likeness (QED) is 0.313. The van der Waals surface area contributed by atoms with Crippen LogP contribution in [0.5, 0.6) is 0 Å². The molecule has 0 amide bonds. The van der Waals surface area contributed by atoms with Crippen LogP contribution in [0, 0.1) is 0 Å². The van der Waals surface area contributed by atoms with E-state index >= 15 is 0 Å². The highest BCUT2D eigenvalue weighted by Gasteiger charge is 2.15. The molecule has 0 N–H and O–H groups in total. The van der Waals surface area contributed by atoms with E-state index in [1.807, 2.05) is 66.7 Å². The smallest absolute Gasteiger partial charge is 0.226 e. The first-order valence-corrected chi connectivity index (χ1v) is 9.96. The van der Waals surface area contributed by atoms with Crippen LogP contribution in [0.3, 0.4) is 0 Å². The summed E-state index contributed by atoms with van der Waals surface area (Å²) in [7, 11) is 0. The largest absolute Gasteiger partial charge is 0.456 e. The van der Waals surface area contributed by atoms with Crippen LogP contribution in [0.1, 0.15) is 0 Å². The Kier molecular flexibility index (Phi) is 3.79. The average molecular weight is 408 g/mol. The van der Waals surface area contributed by atoms with E-state index in [0.29, 0.717) is 11.6 Å². The second kappa shape index (κ2) is 6.65. The zero-order valence-corrected chi connectivity index (χ0v) is 16.5. The molecule has 5 heteroatoms. The van der Waals surface area contributed by atoms with E-state index in [2.05, 4.69) is 28.2 Å². The number of halogens is 1. The van der Waals surface area contributed by atoms with Crippen LogP contribution in [0.2, 0.25) is 5.28 Å². The van der Waals surface area contributed by atoms with Gasteiger partial charge in [0.25, 0.3) is 0 Å². The number of hydrogen-bond donors (Lipinski definition) is 0. The Morgan fingerprint density at radius 1 is 0.567 bits per heavy atom. The van der Waals surface area contributed by atoms with Crippen LogP contribution in [0.25, 0.3) is 55.5 Å². The predicted molar refractivity (Wildman–Crippen MR) is 120 cm³/mol. The lowest BCUT2D eigenvalue weighted by molar-refractivity contribution is 0.669. The summed E-state index contributed by atoms with van der Waals surface area (Å²) in [5.41, 5.74) is 3.53. The van der Waals surface area contributed by atoms with Crippen molar-refractivity contribution in [2.75, 3.05) is 0 Å². The second-order valence-corrected chi connectivity index (χ2v) is 7.39. The molecular weight excluding hydrogens is 394 g/mol. The summed E-state index contributed by atoms with van der Waals surface area (Å²) in [5, 5.41) is 4.48. The molecule has 2 aromatic heterocycles. The second-order valence-electron chi connectivity index (χ2n) is 7.06. The topological polar surface area (TPSA) is 51.8 Å². The number of rotatable bonds is 2. The van der Waals surface area contributed by atoms with E-state index < -0.39 is 0 Å². The van der Waals surface area contributed by atoms with Crippen molar-refractivity contribution in [2.24, 2.45) is 0 Å². The third-order valence-corrected chi connectivity index (χ3v) is 5.45. The average Bonchev–Trinajstić information content (AvgIpc) is 3.18. The van der Waals surface area contributed by atoms with Gasteiger partial charge in [0.2, 0.25) is 5.28 Å². The van der Waals surface area contributed by atoms with Crippen molar-refractivity contribution in [2.45, 2.75) is 0 Å². The number of para-hydroxylation sites is 1. The molecule has 0 unspecified atom stereocenters. The molecule has 0 atom stereocenters. The maximum atomic E-state index is 6.28. The van der Waals surface area contributed by atoms with E-state index in [4.69, 9.17) is 21.0 Å². The van der Waals surface area contributed by atoms with Crippen molar-refractivity contribution in [3.63, 3.8) is 0 Å². The Labute approximate surface area is 176 Å². The van der Waals surface area contributed by atoms with E-state index in [-0.39, 0.29) is 5.28 Å². The minimum Gasteiger partial charge on any atom is -0.456 e. The minimum atomic E-state index is 0.172. The van der Waals surface area contributed by atoms with Crippen LogP contribution >= 0.6 is 11.6 Å². The molecule has 0 aliphatic heterocycles. The Balaban J connectivity index is 1.64. The van der Waals surface area contributed by atoms with Gasteiger partial charge in [-0.1, -0.05) is 66.7 Å². The molecule has 4 nitrogen and oxygen atoms in total. The number of hydrogen-bond acceptors (Lipinski definition) is 4. The normalized spacial score (nSPS) is 11.5. The van der Waals surface area contributed by atoms with E-state index in [1.54, 1.807) is 0 Å². The summed E-state index contributed by atoms with van der Waals surface area (Å²) < 4.78 is 6.04. The van der Waals surface area contributed by atoms with Crippen molar-refractivity contribution < 1.29 is 4.42 Å². The number of fused-ring (bicyclic) bond motifs is 5. The third-order valence-electron chi connectivity index (χ3n) is 5.28. The van der Waals surface area contributed by atoms with Gasteiger partial charge >= 0.3 is 0 Å². The van der Waals surface area contributed by atoms with Gasteiger partial charge in [0, 0.05) is 21.9 Å². The molecule has 0 radical (unpaired) electrons. The summed E-state index contributed by atoms with van der Waals surface area (Å²) in [6, 6.07) is 28.0. The highest BCUT2D eigenvalue weighted by Crippen LogP contribution is 2.37. The predicted octanol–water partition coefficient (Wildman–Crippen LogP) is 6.91. The lowest BCUT2D eigenvalue weighted by Gasteiger charge is -2.08. The molecule has 0 fully saturated rings. The summed E-state index contributed by atoms with van der Waals surface area (Å²) in [4.78, 5) is 13.5. The van der Waals surface area contributed by atoms with Crippen molar-refractivity contribution in [1.29, 1.82) is 0 Å². The van der Waals surface area contributed by atoms with Crippen molar-refractivity contribution >= 4 is 44.3 Å². The van der Waals surface area contributed by atoms with Crippen LogP contribution in [0.15, 0.2) is 89.3 Å². The Bertz CT molecular complexity index is 1560. The monoisotopic (exact) mass is 407 g/mol. The fraction of sp³-hybridized carbons (Fsp3) is 0. The standard InChI is InChI=1S/C25H14ClN3O/c26-25-28-23(15-7-2-1-3-8-15)27-24(29-25)18-11-6-10-17-16(18)13-14-21-22(17)19-9-4-5-12-20(19)30-21/h1-14H. The summed E-state index contributed by atoms with van der Waals surface area (Å²) in [6.07, 6.45) is 0. The van der Waals surface area contributed by atoms with Gasteiger partial charge in [-0.15, -0.1) is 0 Å². The maximum absolute atomic E-state index is 6.28. The van der Waals surface area contributed by atoms with Crippen LogP contribution in [-0.2, 0) is 0 Å². The SMILES string of the molecule is Clc1nc(-c2ccccc2)nc(-c2cccc3c2ccc2oc4ccccc4c23)n1. The van der Waals surface area contributed by atoms with Gasteiger partial charge in [0.1, 0.15) is 11.2 Å². The van der Waals surface area contributed by atoms with E-state index in [9.17, 15) is 0 Å². The van der Waals surface area contributed by atoms with Crippen LogP contribution < -0.4 is 0 Å². The molecule has 142 valence electrons. The van der Waals surface area contributed by atoms with Gasteiger partial charge in [-0.3, -0.25) is 0 Å². The fourth-order valence-corrected chi connectivity index (χ4v) is 4.12. The number of nitrogens with zero attached hydrogens (tertiary/aromatic N) is 3. The summed E-state index contributed by atoms with van der Waals surface area (Å²) >= 11 is 6.28. The third kappa shape index (κ3) is 2.65. The van der Waals surface area contributed by atoms with Gasteiger partial charge in [-0.2, -0.15) is 9.97 Å². The summed E-state index contributed by atoms with van der Waals surface area (Å²) in [5.74, 6) is 1.10. The maximum Gasteiger partial charge on any atom is 0.226 e. The molecular formula is C25H14ClN3O. The van der Waals surface area contributed by atoms with Gasteiger partial charge in [-0.05, 0) is 40.6 Å². The first-order chi connectivity index (χ1) is 14.8. The molecule has 0 aliphatic rings. The Morgan fingerprint density at radius 2 is 1.33 bits per heavy atom. The van der Waals surface area contributed by atoms with Gasteiger partial charge < -0.3 is 4.42 Å². The lowest BCUT2D eigenvalue weighted by Crippen LogP contribution is -1.97. The van der Waals surface area contributed by atoms with Crippen LogP contribution in [-0.4, -0.2) is 15.0 Å². The van der Waals surface area contributed by atoms with E-state index in [0.717, 1.165) is 43.8 Å². The van der Waals surface area contributed by atoms with Gasteiger partial charge in [-0.25, -0.2) is 4.98 Å². The molecule has 2 heterocycles. The van der Waals surface area contributed by atoms with Crippen LogP contribution in [0.4, 0.5) is 0 Å². The molecule has 6 rings (SSSR count). The number of aromatic nitrogens is 3. The van der Waals surface area contributed by atoms with Crippen molar-refractivity contribution in [3.8, 4) is 22.8 Å². The molecule has 0 saturated heterocycles. The number of furan rings is 1. The highest BCUT2D eigenvalue weighted by molar-refractivity contribution is 6.28. The number of benzene rings is 4. The van der Waals surface area contributed by atoms with E-state index in [1.165, 1.54) is 0 Å². The zero-order chi connectivity index (χ0) is 20.1. The Morgan fingerprint density at radius 3 is 2.23 bits per heavy atom. The van der Waals surface area contributed by atoms with Crippen molar-refractivity contribution in [3.05, 3.63) is 90.2 Å². The molecule has 6 aromatic rings. The summed E-state index contributed by atoms with van der Waals surface area (Å²) in [6.45, 7) is 0. The fourth-order valence-electron chi connectivity index (χ4n) is 3.96. The first-order valence-electron chi connectivity index (χ1n) is 9.58. The lowest BCUT2D eigenvalue weighted by atomic mass is 9.99. The molecule has 0 spiro atoms. The van der Waals surface area contributed by atoms with Crippen molar-refractivity contribution in [1.82, 2.24) is 15.0 Å². The molecule has 0 bridgehead atoms. The zero-order valence-electron chi connectivity index (χ0n) is 15.7. The molecule has 0 saturated carbocycles. The Hall–Kier alpha value is -3.76. The minimum absolute atomic E-state index is 0.172. The first kappa shape index (κ1) is 17.1. The van der Waals surface area contributed by atoms with Gasteiger partial charge in [0.05, 0.1) is 0 Å². The molecule has 30 heavy (non-hydrogen) atoms. The highest BCUT2D eigenvalue weighted by atomic mass is 35.5.